The van der Waals surface area contributed by atoms with Crippen molar-refractivity contribution in [3.8, 4) is 0 Å². The van der Waals surface area contributed by atoms with Gasteiger partial charge in [-0.15, -0.1) is 0 Å². The number of carbonyl (C=O) groups excluding carboxylic acids is 2. The lowest BCUT2D eigenvalue weighted by atomic mass is 10.1. The largest absolute Gasteiger partial charge is 0.347 e. The average molecular weight is 373 g/mol. The maximum Gasteiger partial charge on any atom is 0.270 e. The van der Waals surface area contributed by atoms with Crippen molar-refractivity contribution in [2.75, 3.05) is 5.32 Å². The van der Waals surface area contributed by atoms with Gasteiger partial charge in [-0.1, -0.05) is 35.9 Å². The first-order chi connectivity index (χ1) is 13.4. The Labute approximate surface area is 164 Å². The van der Waals surface area contributed by atoms with Crippen molar-refractivity contribution < 1.29 is 9.59 Å². The summed E-state index contributed by atoms with van der Waals surface area (Å²) in [6, 6.07) is 16.9. The zero-order valence-corrected chi connectivity index (χ0v) is 16.2. The topological polar surface area (TPSA) is 71.1 Å². The third-order valence-corrected chi connectivity index (χ3v) is 4.27. The highest BCUT2D eigenvalue weighted by atomic mass is 16.2. The molecule has 2 N–H and O–H groups in total. The molecule has 0 aliphatic heterocycles. The highest BCUT2D eigenvalue weighted by Crippen LogP contribution is 2.15. The number of benzene rings is 2. The van der Waals surface area contributed by atoms with Gasteiger partial charge in [0.05, 0.1) is 0 Å². The van der Waals surface area contributed by atoms with Gasteiger partial charge >= 0.3 is 0 Å². The maximum absolute atomic E-state index is 12.6. The third kappa shape index (κ3) is 5.04. The zero-order chi connectivity index (χ0) is 20.1. The molecule has 0 radical (unpaired) electrons. The van der Waals surface area contributed by atoms with Crippen LogP contribution in [0.5, 0.6) is 0 Å². The molecule has 0 saturated carbocycles. The molecule has 3 rings (SSSR count). The number of carbonyl (C=O) groups is 2. The second-order valence-corrected chi connectivity index (χ2v) is 6.93. The maximum atomic E-state index is 12.6. The molecular weight excluding hydrogens is 350 g/mol. The van der Waals surface area contributed by atoms with E-state index in [0.717, 1.165) is 27.9 Å². The molecule has 1 aromatic heterocycles. The van der Waals surface area contributed by atoms with E-state index in [1.54, 1.807) is 6.07 Å². The van der Waals surface area contributed by atoms with Crippen LogP contribution in [-0.2, 0) is 6.54 Å². The molecule has 2 aromatic carbocycles. The van der Waals surface area contributed by atoms with Crippen molar-refractivity contribution in [1.82, 2.24) is 10.3 Å². The fraction of sp³-hybridized carbons (Fsp3) is 0.174. The molecule has 0 aliphatic rings. The van der Waals surface area contributed by atoms with Gasteiger partial charge in [0.2, 0.25) is 0 Å². The Balaban J connectivity index is 1.68. The molecular formula is C23H23N3O2. The van der Waals surface area contributed by atoms with Crippen molar-refractivity contribution in [2.45, 2.75) is 27.3 Å². The second kappa shape index (κ2) is 8.48. The lowest BCUT2D eigenvalue weighted by Crippen LogP contribution is -2.24. The molecule has 3 aromatic rings. The Hall–Kier alpha value is -3.47. The molecule has 0 saturated heterocycles. The van der Waals surface area contributed by atoms with E-state index in [1.807, 2.05) is 63.2 Å². The fourth-order valence-electron chi connectivity index (χ4n) is 3.04. The number of pyridine rings is 1. The van der Waals surface area contributed by atoms with Crippen LogP contribution < -0.4 is 10.6 Å². The predicted molar refractivity (Wildman–Crippen MR) is 110 cm³/mol. The summed E-state index contributed by atoms with van der Waals surface area (Å²) in [6.07, 6.45) is 1.47. The Kier molecular flexibility index (Phi) is 5.84. The normalized spacial score (nSPS) is 10.4. The summed E-state index contributed by atoms with van der Waals surface area (Å²) in [5, 5.41) is 5.71. The van der Waals surface area contributed by atoms with E-state index < -0.39 is 0 Å². The summed E-state index contributed by atoms with van der Waals surface area (Å²) in [5.74, 6) is -0.595. The highest BCUT2D eigenvalue weighted by molar-refractivity contribution is 6.05. The molecule has 142 valence electrons. The van der Waals surface area contributed by atoms with Crippen LogP contribution in [0.3, 0.4) is 0 Å². The molecule has 28 heavy (non-hydrogen) atoms. The van der Waals surface area contributed by atoms with Crippen LogP contribution in [0.25, 0.3) is 0 Å². The second-order valence-electron chi connectivity index (χ2n) is 6.93. The number of hydrogen-bond acceptors (Lipinski definition) is 3. The number of nitrogens with zero attached hydrogens (tertiary/aromatic N) is 1. The summed E-state index contributed by atoms with van der Waals surface area (Å²) >= 11 is 0. The van der Waals surface area contributed by atoms with E-state index in [2.05, 4.69) is 15.6 Å². The molecule has 1 heterocycles. The van der Waals surface area contributed by atoms with Crippen LogP contribution in [-0.4, -0.2) is 16.8 Å². The van der Waals surface area contributed by atoms with Crippen LogP contribution in [0.1, 0.15) is 43.1 Å². The quantitative estimate of drug-likeness (QED) is 0.704. The fourth-order valence-corrected chi connectivity index (χ4v) is 3.04. The van der Waals surface area contributed by atoms with E-state index in [-0.39, 0.29) is 17.5 Å². The minimum Gasteiger partial charge on any atom is -0.347 e. The van der Waals surface area contributed by atoms with Crippen molar-refractivity contribution >= 4 is 17.5 Å². The first-order valence-electron chi connectivity index (χ1n) is 9.10. The standard InChI is InChI=1S/C23H23N3O2/c1-15-5-4-6-18(10-15)14-25-23(28)21-13-19(7-8-24-21)22(27)26-20-11-16(2)9-17(3)12-20/h4-13H,14H2,1-3H3,(H,25,28)(H,26,27). The van der Waals surface area contributed by atoms with Crippen molar-refractivity contribution in [3.63, 3.8) is 0 Å². The van der Waals surface area contributed by atoms with Gasteiger partial charge < -0.3 is 10.6 Å². The number of aryl methyl sites for hydroxylation is 3. The Morgan fingerprint density at radius 1 is 0.857 bits per heavy atom. The van der Waals surface area contributed by atoms with Gasteiger partial charge in [-0.05, 0) is 61.7 Å². The number of amides is 2. The predicted octanol–water partition coefficient (Wildman–Crippen LogP) is 4.19. The smallest absolute Gasteiger partial charge is 0.270 e. The van der Waals surface area contributed by atoms with Crippen LogP contribution in [0.15, 0.2) is 60.8 Å². The minimum absolute atomic E-state index is 0.209. The molecule has 0 fully saturated rings. The SMILES string of the molecule is Cc1cccc(CNC(=O)c2cc(C(=O)Nc3cc(C)cc(C)c3)ccn2)c1. The average Bonchev–Trinajstić information content (AvgIpc) is 2.65. The van der Waals surface area contributed by atoms with Gasteiger partial charge in [0.15, 0.2) is 0 Å². The number of aromatic nitrogens is 1. The summed E-state index contributed by atoms with van der Waals surface area (Å²) < 4.78 is 0. The summed E-state index contributed by atoms with van der Waals surface area (Å²) in [6.45, 7) is 6.36. The zero-order valence-electron chi connectivity index (χ0n) is 16.2. The van der Waals surface area contributed by atoms with Gasteiger partial charge in [-0.3, -0.25) is 14.6 Å². The van der Waals surface area contributed by atoms with E-state index in [9.17, 15) is 9.59 Å². The van der Waals surface area contributed by atoms with E-state index in [4.69, 9.17) is 0 Å². The van der Waals surface area contributed by atoms with Crippen molar-refractivity contribution in [3.05, 3.63) is 94.3 Å². The number of anilines is 1. The summed E-state index contributed by atoms with van der Waals surface area (Å²) in [5.41, 5.74) is 5.61. The first kappa shape index (κ1) is 19.3. The van der Waals surface area contributed by atoms with Gasteiger partial charge in [0.25, 0.3) is 11.8 Å². The van der Waals surface area contributed by atoms with Crippen LogP contribution >= 0.6 is 0 Å². The first-order valence-corrected chi connectivity index (χ1v) is 9.10. The van der Waals surface area contributed by atoms with Gasteiger partial charge in [-0.25, -0.2) is 0 Å². The van der Waals surface area contributed by atoms with Crippen molar-refractivity contribution in [1.29, 1.82) is 0 Å². The van der Waals surface area contributed by atoms with Crippen LogP contribution in [0, 0.1) is 20.8 Å². The van der Waals surface area contributed by atoms with E-state index in [0.29, 0.717) is 12.1 Å². The van der Waals surface area contributed by atoms with Gasteiger partial charge in [0, 0.05) is 24.0 Å². The summed E-state index contributed by atoms with van der Waals surface area (Å²) in [7, 11) is 0. The number of nitrogens with one attached hydrogen (secondary N) is 2. The highest BCUT2D eigenvalue weighted by Gasteiger charge is 2.12. The van der Waals surface area contributed by atoms with Gasteiger partial charge in [-0.2, -0.15) is 0 Å². The molecule has 0 spiro atoms. The van der Waals surface area contributed by atoms with Gasteiger partial charge in [0.1, 0.15) is 5.69 Å². The molecule has 0 atom stereocenters. The third-order valence-electron chi connectivity index (χ3n) is 4.27. The lowest BCUT2D eigenvalue weighted by Gasteiger charge is -2.09. The van der Waals surface area contributed by atoms with Crippen LogP contribution in [0.2, 0.25) is 0 Å². The molecule has 0 aliphatic carbocycles. The Morgan fingerprint density at radius 3 is 2.32 bits per heavy atom. The molecule has 0 unspecified atom stereocenters. The number of hydrogen-bond donors (Lipinski definition) is 2. The molecule has 5 heteroatoms. The molecule has 2 amide bonds. The lowest BCUT2D eigenvalue weighted by molar-refractivity contribution is 0.0946. The van der Waals surface area contributed by atoms with E-state index >= 15 is 0 Å². The number of rotatable bonds is 5. The Bertz CT molecular complexity index is 1010. The minimum atomic E-state index is -0.317. The summed E-state index contributed by atoms with van der Waals surface area (Å²) in [4.78, 5) is 29.1. The Morgan fingerprint density at radius 2 is 1.61 bits per heavy atom. The monoisotopic (exact) mass is 373 g/mol. The molecule has 0 bridgehead atoms. The van der Waals surface area contributed by atoms with Crippen LogP contribution in [0.4, 0.5) is 5.69 Å². The molecule has 5 nitrogen and oxygen atoms in total. The van der Waals surface area contributed by atoms with E-state index in [1.165, 1.54) is 12.3 Å². The van der Waals surface area contributed by atoms with Crippen molar-refractivity contribution in [2.24, 2.45) is 0 Å².